The molecule has 2 nitrogen and oxygen atoms in total. The molecule has 0 amide bonds. The molecule has 2 saturated heterocycles. The number of piperidine rings is 2. The van der Waals surface area contributed by atoms with Crippen molar-refractivity contribution < 1.29 is 0 Å². The van der Waals surface area contributed by atoms with E-state index in [1.54, 1.807) is 0 Å². The van der Waals surface area contributed by atoms with Crippen molar-refractivity contribution in [1.82, 2.24) is 10.2 Å². The van der Waals surface area contributed by atoms with Crippen molar-refractivity contribution in [2.24, 2.45) is 5.41 Å². The van der Waals surface area contributed by atoms with E-state index in [4.69, 9.17) is 11.6 Å². The van der Waals surface area contributed by atoms with Crippen LogP contribution < -0.4 is 5.32 Å². The maximum atomic E-state index is 5.94. The lowest BCUT2D eigenvalue weighted by atomic mass is 9.74. The van der Waals surface area contributed by atoms with E-state index in [9.17, 15) is 0 Å². The number of hydrogen-bond acceptors (Lipinski definition) is 2. The smallest absolute Gasteiger partial charge is 0.0406 e. The summed E-state index contributed by atoms with van der Waals surface area (Å²) in [6.07, 6.45) is 8.01. The molecule has 3 rings (SSSR count). The van der Waals surface area contributed by atoms with Crippen molar-refractivity contribution in [1.29, 1.82) is 0 Å². The van der Waals surface area contributed by atoms with E-state index in [1.165, 1.54) is 76.8 Å². The van der Waals surface area contributed by atoms with Gasteiger partial charge in [-0.05, 0) is 81.3 Å². The molecule has 2 fully saturated rings. The Hall–Kier alpha value is -0.570. The standard InChI is InChI=1S/C18H27ClN2/c19-17-7-5-16(6-8-17)4-1-12-21-13-3-10-18(15-21)9-2-11-20-14-18/h5-8,20H,1-4,9-15H2. The van der Waals surface area contributed by atoms with Gasteiger partial charge in [-0.25, -0.2) is 0 Å². The quantitative estimate of drug-likeness (QED) is 0.911. The maximum Gasteiger partial charge on any atom is 0.0406 e. The van der Waals surface area contributed by atoms with Crippen LogP contribution >= 0.6 is 11.6 Å². The first-order valence-electron chi connectivity index (χ1n) is 8.43. The molecule has 0 bridgehead atoms. The minimum Gasteiger partial charge on any atom is -0.316 e. The first-order chi connectivity index (χ1) is 10.3. The summed E-state index contributed by atoms with van der Waals surface area (Å²) in [7, 11) is 0. The summed E-state index contributed by atoms with van der Waals surface area (Å²) in [5.74, 6) is 0. The van der Waals surface area contributed by atoms with Crippen LogP contribution in [-0.2, 0) is 6.42 Å². The van der Waals surface area contributed by atoms with Crippen LogP contribution in [0, 0.1) is 5.41 Å². The average Bonchev–Trinajstić information content (AvgIpc) is 2.50. The van der Waals surface area contributed by atoms with Crippen molar-refractivity contribution in [2.75, 3.05) is 32.7 Å². The average molecular weight is 307 g/mol. The number of halogens is 1. The topological polar surface area (TPSA) is 15.3 Å². The number of likely N-dealkylation sites (tertiary alicyclic amines) is 1. The molecule has 1 aromatic rings. The van der Waals surface area contributed by atoms with Crippen LogP contribution in [0.1, 0.15) is 37.7 Å². The van der Waals surface area contributed by atoms with Gasteiger partial charge in [-0.3, -0.25) is 0 Å². The Morgan fingerprint density at radius 3 is 2.71 bits per heavy atom. The normalized spacial score (nSPS) is 27.1. The molecule has 3 heteroatoms. The Kier molecular flexibility index (Phi) is 5.20. The minimum atomic E-state index is 0.580. The second-order valence-electron chi connectivity index (χ2n) is 6.89. The van der Waals surface area contributed by atoms with Gasteiger partial charge >= 0.3 is 0 Å². The largest absolute Gasteiger partial charge is 0.316 e. The second kappa shape index (κ2) is 7.13. The van der Waals surface area contributed by atoms with Crippen LogP contribution in [0.3, 0.4) is 0 Å². The van der Waals surface area contributed by atoms with Gasteiger partial charge in [0, 0.05) is 18.1 Å². The van der Waals surface area contributed by atoms with E-state index in [0.29, 0.717) is 5.41 Å². The summed E-state index contributed by atoms with van der Waals surface area (Å²) in [4.78, 5) is 2.70. The third kappa shape index (κ3) is 4.21. The lowest BCUT2D eigenvalue weighted by Gasteiger charge is -2.45. The fraction of sp³-hybridized carbons (Fsp3) is 0.667. The van der Waals surface area contributed by atoms with Gasteiger partial charge in [-0.1, -0.05) is 23.7 Å². The number of benzene rings is 1. The molecular weight excluding hydrogens is 280 g/mol. The Bertz CT molecular complexity index is 432. The molecule has 2 heterocycles. The SMILES string of the molecule is Clc1ccc(CCCN2CCCC3(CCCNC3)C2)cc1. The first kappa shape index (κ1) is 15.3. The van der Waals surface area contributed by atoms with E-state index in [2.05, 4.69) is 22.3 Å². The van der Waals surface area contributed by atoms with E-state index in [1.807, 2.05) is 12.1 Å². The van der Waals surface area contributed by atoms with Crippen LogP contribution in [0.2, 0.25) is 5.02 Å². The third-order valence-electron chi connectivity index (χ3n) is 5.15. The van der Waals surface area contributed by atoms with Crippen molar-refractivity contribution in [2.45, 2.75) is 38.5 Å². The monoisotopic (exact) mass is 306 g/mol. The molecule has 0 saturated carbocycles. The summed E-state index contributed by atoms with van der Waals surface area (Å²) < 4.78 is 0. The van der Waals surface area contributed by atoms with Crippen LogP contribution in [0.5, 0.6) is 0 Å². The summed E-state index contributed by atoms with van der Waals surface area (Å²) in [6.45, 7) is 6.30. The Morgan fingerprint density at radius 1 is 1.14 bits per heavy atom. The molecule has 1 N–H and O–H groups in total. The highest BCUT2D eigenvalue weighted by atomic mass is 35.5. The van der Waals surface area contributed by atoms with Gasteiger partial charge in [0.05, 0.1) is 0 Å². The van der Waals surface area contributed by atoms with Gasteiger partial charge < -0.3 is 10.2 Å². The predicted molar refractivity (Wildman–Crippen MR) is 90.0 cm³/mol. The Labute approximate surface area is 133 Å². The molecule has 1 aromatic carbocycles. The highest BCUT2D eigenvalue weighted by Crippen LogP contribution is 2.35. The first-order valence-corrected chi connectivity index (χ1v) is 8.81. The molecule has 21 heavy (non-hydrogen) atoms. The van der Waals surface area contributed by atoms with Crippen LogP contribution in [0.25, 0.3) is 0 Å². The van der Waals surface area contributed by atoms with E-state index in [-0.39, 0.29) is 0 Å². The van der Waals surface area contributed by atoms with Crippen LogP contribution in [0.15, 0.2) is 24.3 Å². The van der Waals surface area contributed by atoms with Crippen LogP contribution in [-0.4, -0.2) is 37.6 Å². The zero-order valence-corrected chi connectivity index (χ0v) is 13.7. The minimum absolute atomic E-state index is 0.580. The predicted octanol–water partition coefficient (Wildman–Crippen LogP) is 3.74. The molecule has 1 unspecified atom stereocenters. The summed E-state index contributed by atoms with van der Waals surface area (Å²) in [5, 5.41) is 4.45. The highest BCUT2D eigenvalue weighted by molar-refractivity contribution is 6.30. The number of aryl methyl sites for hydroxylation is 1. The molecule has 2 aliphatic heterocycles. The van der Waals surface area contributed by atoms with Gasteiger partial charge in [0.15, 0.2) is 0 Å². The van der Waals surface area contributed by atoms with Gasteiger partial charge in [0.2, 0.25) is 0 Å². The molecule has 0 aromatic heterocycles. The van der Waals surface area contributed by atoms with Gasteiger partial charge in [-0.15, -0.1) is 0 Å². The highest BCUT2D eigenvalue weighted by Gasteiger charge is 2.36. The summed E-state index contributed by atoms with van der Waals surface area (Å²) in [6, 6.07) is 8.32. The van der Waals surface area contributed by atoms with Crippen molar-refractivity contribution in [3.8, 4) is 0 Å². The van der Waals surface area contributed by atoms with E-state index in [0.717, 1.165) is 5.02 Å². The third-order valence-corrected chi connectivity index (χ3v) is 5.41. The number of nitrogens with one attached hydrogen (secondary N) is 1. The van der Waals surface area contributed by atoms with Gasteiger partial charge in [-0.2, -0.15) is 0 Å². The van der Waals surface area contributed by atoms with Gasteiger partial charge in [0.1, 0.15) is 0 Å². The fourth-order valence-corrected chi connectivity index (χ4v) is 4.16. The maximum absolute atomic E-state index is 5.94. The molecule has 0 aliphatic carbocycles. The Balaban J connectivity index is 1.45. The zero-order valence-electron chi connectivity index (χ0n) is 12.9. The fourth-order valence-electron chi connectivity index (χ4n) is 4.04. The van der Waals surface area contributed by atoms with Crippen LogP contribution in [0.4, 0.5) is 0 Å². The molecule has 116 valence electrons. The molecule has 1 spiro atoms. The number of nitrogens with zero attached hydrogens (tertiary/aromatic N) is 1. The second-order valence-corrected chi connectivity index (χ2v) is 7.33. The molecular formula is C18H27ClN2. The molecule has 1 atom stereocenters. The lowest BCUT2D eigenvalue weighted by molar-refractivity contribution is 0.0641. The Morgan fingerprint density at radius 2 is 1.95 bits per heavy atom. The summed E-state index contributed by atoms with van der Waals surface area (Å²) >= 11 is 5.94. The van der Waals surface area contributed by atoms with E-state index < -0.39 is 0 Å². The summed E-state index contributed by atoms with van der Waals surface area (Å²) in [5.41, 5.74) is 1.99. The lowest BCUT2D eigenvalue weighted by Crippen LogP contribution is -2.51. The van der Waals surface area contributed by atoms with E-state index >= 15 is 0 Å². The number of rotatable bonds is 4. The number of hydrogen-bond donors (Lipinski definition) is 1. The molecule has 2 aliphatic rings. The van der Waals surface area contributed by atoms with Gasteiger partial charge in [0.25, 0.3) is 0 Å². The zero-order chi connectivity index (χ0) is 14.5. The van der Waals surface area contributed by atoms with Crippen molar-refractivity contribution in [3.05, 3.63) is 34.9 Å². The van der Waals surface area contributed by atoms with Crippen molar-refractivity contribution >= 4 is 11.6 Å². The molecule has 0 radical (unpaired) electrons. The van der Waals surface area contributed by atoms with Crippen molar-refractivity contribution in [3.63, 3.8) is 0 Å².